The Bertz CT molecular complexity index is 561. The average molecular weight is 324 g/mol. The molecule has 2 aliphatic heterocycles. The lowest BCUT2D eigenvalue weighted by atomic mass is 10.0. The molecule has 0 aromatic carbocycles. The molecular weight excluding hydrogens is 302 g/mol. The van der Waals surface area contributed by atoms with Gasteiger partial charge in [0.2, 0.25) is 5.95 Å². The number of halogens is 1. The van der Waals surface area contributed by atoms with Crippen LogP contribution in [-0.2, 0) is 4.79 Å². The first-order valence-electron chi connectivity index (χ1n) is 7.76. The van der Waals surface area contributed by atoms with Crippen LogP contribution in [0.1, 0.15) is 12.1 Å². The number of aromatic nitrogens is 2. The van der Waals surface area contributed by atoms with Crippen molar-refractivity contribution in [1.29, 1.82) is 0 Å². The minimum absolute atomic E-state index is 0.0987. The van der Waals surface area contributed by atoms with Crippen LogP contribution >= 0.6 is 11.6 Å². The van der Waals surface area contributed by atoms with E-state index in [-0.39, 0.29) is 5.92 Å². The van der Waals surface area contributed by atoms with E-state index in [1.165, 1.54) is 0 Å². The molecule has 2 aliphatic rings. The Kier molecular flexibility index (Phi) is 4.49. The van der Waals surface area contributed by atoms with Crippen molar-refractivity contribution in [1.82, 2.24) is 14.9 Å². The van der Waals surface area contributed by atoms with Crippen molar-refractivity contribution >= 4 is 29.7 Å². The highest BCUT2D eigenvalue weighted by Crippen LogP contribution is 2.32. The fourth-order valence-corrected chi connectivity index (χ4v) is 3.10. The summed E-state index contributed by atoms with van der Waals surface area (Å²) in [6.07, 6.45) is 2.11. The molecule has 0 atom stereocenters. The van der Waals surface area contributed by atoms with Crippen LogP contribution in [0.5, 0.6) is 0 Å². The summed E-state index contributed by atoms with van der Waals surface area (Å²) >= 11 is 6.38. The molecule has 0 bridgehead atoms. The smallest absolute Gasteiger partial charge is 0.227 e. The van der Waals surface area contributed by atoms with Crippen LogP contribution < -0.4 is 9.80 Å². The average Bonchev–Trinajstić information content (AvgIpc) is 2.67. The molecule has 1 aromatic heterocycles. The second kappa shape index (κ2) is 6.38. The number of hydrogen-bond acceptors (Lipinski definition) is 6. The molecule has 0 amide bonds. The van der Waals surface area contributed by atoms with E-state index in [4.69, 9.17) is 11.6 Å². The van der Waals surface area contributed by atoms with E-state index in [2.05, 4.69) is 31.7 Å². The van der Waals surface area contributed by atoms with Gasteiger partial charge in [-0.05, 0) is 26.9 Å². The molecule has 0 unspecified atom stereocenters. The van der Waals surface area contributed by atoms with Crippen LogP contribution in [0.4, 0.5) is 11.8 Å². The number of aryl methyl sites for hydroxylation is 1. The van der Waals surface area contributed by atoms with Crippen LogP contribution in [-0.4, -0.2) is 67.5 Å². The number of carbonyl (C=O) groups excluding carboxylic acids is 1. The maximum atomic E-state index is 10.8. The van der Waals surface area contributed by atoms with Crippen molar-refractivity contribution in [2.75, 3.05) is 56.1 Å². The first-order chi connectivity index (χ1) is 10.6. The number of nitrogens with zero attached hydrogens (tertiary/aromatic N) is 5. The molecule has 0 N–H and O–H groups in total. The first kappa shape index (κ1) is 15.5. The highest BCUT2D eigenvalue weighted by atomic mass is 35.5. The molecule has 3 heterocycles. The highest BCUT2D eigenvalue weighted by Gasteiger charge is 2.30. The molecule has 0 radical (unpaired) electrons. The van der Waals surface area contributed by atoms with Gasteiger partial charge in [-0.1, -0.05) is 11.6 Å². The van der Waals surface area contributed by atoms with Crippen molar-refractivity contribution in [3.63, 3.8) is 0 Å². The Labute approximate surface area is 136 Å². The standard InChI is InChI=1S/C15H22ClN5O/c1-11-13(16)14(21-8-12(9-21)10-22)18-15(17-11)20-5-3-4-19(2)6-7-20/h10,12H,3-9H2,1-2H3. The Morgan fingerprint density at radius 2 is 1.91 bits per heavy atom. The van der Waals surface area contributed by atoms with E-state index in [0.29, 0.717) is 18.1 Å². The number of hydrogen-bond donors (Lipinski definition) is 0. The van der Waals surface area contributed by atoms with Gasteiger partial charge in [-0.15, -0.1) is 0 Å². The molecule has 2 saturated heterocycles. The zero-order valence-electron chi connectivity index (χ0n) is 13.1. The summed E-state index contributed by atoms with van der Waals surface area (Å²) in [6, 6.07) is 0. The minimum Gasteiger partial charge on any atom is -0.354 e. The molecule has 0 spiro atoms. The second-order valence-electron chi connectivity index (χ2n) is 6.19. The van der Waals surface area contributed by atoms with Gasteiger partial charge in [0.05, 0.1) is 5.69 Å². The molecule has 3 rings (SSSR count). The van der Waals surface area contributed by atoms with Crippen LogP contribution in [0.3, 0.4) is 0 Å². The number of aldehydes is 1. The largest absolute Gasteiger partial charge is 0.354 e. The van der Waals surface area contributed by atoms with Gasteiger partial charge in [-0.2, -0.15) is 4.98 Å². The number of anilines is 2. The fraction of sp³-hybridized carbons (Fsp3) is 0.667. The SMILES string of the molecule is Cc1nc(N2CCCN(C)CC2)nc(N2CC(C=O)C2)c1Cl. The van der Waals surface area contributed by atoms with Crippen molar-refractivity contribution in [3.8, 4) is 0 Å². The summed E-state index contributed by atoms with van der Waals surface area (Å²) in [6.45, 7) is 7.30. The first-order valence-corrected chi connectivity index (χ1v) is 8.14. The minimum atomic E-state index is 0.0987. The van der Waals surface area contributed by atoms with Crippen LogP contribution in [0.15, 0.2) is 0 Å². The van der Waals surface area contributed by atoms with Crippen LogP contribution in [0.2, 0.25) is 5.02 Å². The molecule has 22 heavy (non-hydrogen) atoms. The molecule has 7 heteroatoms. The summed E-state index contributed by atoms with van der Waals surface area (Å²) in [4.78, 5) is 26.7. The van der Waals surface area contributed by atoms with Crippen LogP contribution in [0, 0.1) is 12.8 Å². The molecule has 2 fully saturated rings. The summed E-state index contributed by atoms with van der Waals surface area (Å²) in [7, 11) is 2.14. The van der Waals surface area contributed by atoms with Gasteiger partial charge >= 0.3 is 0 Å². The predicted octanol–water partition coefficient (Wildman–Crippen LogP) is 1.22. The molecule has 0 aliphatic carbocycles. The quantitative estimate of drug-likeness (QED) is 0.780. The monoisotopic (exact) mass is 323 g/mol. The maximum absolute atomic E-state index is 10.8. The summed E-state index contributed by atoms with van der Waals surface area (Å²) in [5, 5.41) is 0.597. The van der Waals surface area contributed by atoms with E-state index >= 15 is 0 Å². The summed E-state index contributed by atoms with van der Waals surface area (Å²) in [5.74, 6) is 1.61. The Balaban J connectivity index is 1.83. The molecule has 6 nitrogen and oxygen atoms in total. The van der Waals surface area contributed by atoms with Gasteiger partial charge < -0.3 is 19.5 Å². The highest BCUT2D eigenvalue weighted by molar-refractivity contribution is 6.33. The Morgan fingerprint density at radius 1 is 1.14 bits per heavy atom. The molecule has 1 aromatic rings. The van der Waals surface area contributed by atoms with Gasteiger partial charge in [0.1, 0.15) is 11.3 Å². The number of rotatable bonds is 3. The Morgan fingerprint density at radius 3 is 2.64 bits per heavy atom. The summed E-state index contributed by atoms with van der Waals surface area (Å²) in [5.41, 5.74) is 0.800. The lowest BCUT2D eigenvalue weighted by Gasteiger charge is -2.38. The Hall–Kier alpha value is -1.40. The van der Waals surface area contributed by atoms with Gasteiger partial charge in [-0.3, -0.25) is 0 Å². The molecular formula is C15H22ClN5O. The van der Waals surface area contributed by atoms with Crippen LogP contribution in [0.25, 0.3) is 0 Å². The molecule has 0 saturated carbocycles. The van der Waals surface area contributed by atoms with E-state index in [9.17, 15) is 4.79 Å². The van der Waals surface area contributed by atoms with E-state index in [1.807, 2.05) is 6.92 Å². The lowest BCUT2D eigenvalue weighted by Crippen LogP contribution is -2.48. The zero-order valence-corrected chi connectivity index (χ0v) is 13.9. The van der Waals surface area contributed by atoms with Gasteiger partial charge in [-0.25, -0.2) is 4.98 Å². The topological polar surface area (TPSA) is 52.6 Å². The number of carbonyl (C=O) groups is 1. The third kappa shape index (κ3) is 3.03. The third-order valence-electron chi connectivity index (χ3n) is 4.39. The summed E-state index contributed by atoms with van der Waals surface area (Å²) < 4.78 is 0. The normalized spacial score (nSPS) is 20.7. The van der Waals surface area contributed by atoms with Crippen molar-refractivity contribution in [2.45, 2.75) is 13.3 Å². The number of likely N-dealkylation sites (N-methyl/N-ethyl adjacent to an activating group) is 1. The third-order valence-corrected chi connectivity index (χ3v) is 4.83. The fourth-order valence-electron chi connectivity index (χ4n) is 2.90. The predicted molar refractivity (Wildman–Crippen MR) is 87.9 cm³/mol. The van der Waals surface area contributed by atoms with Gasteiger partial charge in [0, 0.05) is 38.6 Å². The van der Waals surface area contributed by atoms with Gasteiger partial charge in [0.25, 0.3) is 0 Å². The van der Waals surface area contributed by atoms with Crippen molar-refractivity contribution in [2.24, 2.45) is 5.92 Å². The molecule has 120 valence electrons. The zero-order chi connectivity index (χ0) is 15.7. The van der Waals surface area contributed by atoms with Crippen molar-refractivity contribution in [3.05, 3.63) is 10.7 Å². The second-order valence-corrected chi connectivity index (χ2v) is 6.57. The van der Waals surface area contributed by atoms with Crippen molar-refractivity contribution < 1.29 is 4.79 Å². The van der Waals surface area contributed by atoms with E-state index < -0.39 is 0 Å². The maximum Gasteiger partial charge on any atom is 0.227 e. The van der Waals surface area contributed by atoms with E-state index in [0.717, 1.165) is 56.3 Å². The van der Waals surface area contributed by atoms with Gasteiger partial charge in [0.15, 0.2) is 5.82 Å². The van der Waals surface area contributed by atoms with E-state index in [1.54, 1.807) is 0 Å². The lowest BCUT2D eigenvalue weighted by molar-refractivity contribution is -0.111.